The number of morpholine rings is 1. The van der Waals surface area contributed by atoms with Gasteiger partial charge in [0, 0.05) is 30.4 Å². The average molecular weight is 416 g/mol. The molecule has 31 heavy (non-hydrogen) atoms. The van der Waals surface area contributed by atoms with Gasteiger partial charge in [-0.15, -0.1) is 0 Å². The number of pyridine rings is 1. The molecule has 0 amide bonds. The van der Waals surface area contributed by atoms with Gasteiger partial charge in [0.15, 0.2) is 0 Å². The highest BCUT2D eigenvalue weighted by molar-refractivity contribution is 6.05. The highest BCUT2D eigenvalue weighted by Gasteiger charge is 2.22. The molecular weight excluding hydrogens is 392 g/mol. The van der Waals surface area contributed by atoms with E-state index in [1.54, 1.807) is 0 Å². The average Bonchev–Trinajstić information content (AvgIpc) is 3.14. The largest absolute Gasteiger partial charge is 0.465 e. The number of carbonyl (C=O) groups excluding carboxylic acids is 1. The number of imidazole rings is 1. The fraction of sp³-hybridized carbons (Fsp3) is 0.292. The standard InChI is InChI=1S/C24H24N4O3/c1-15-5-4-6-18-20(7-8-25-22(15)18)28-16(2)26-23-19(24(29)30-3)13-17(14-21(23)28)27-9-11-31-12-10-27/h4-8,13-14H,9-12H2,1-3H3. The molecule has 0 spiro atoms. The molecule has 0 saturated carbocycles. The maximum Gasteiger partial charge on any atom is 0.340 e. The monoisotopic (exact) mass is 416 g/mol. The van der Waals surface area contributed by atoms with Crippen LogP contribution in [0.25, 0.3) is 27.6 Å². The van der Waals surface area contributed by atoms with E-state index in [1.807, 2.05) is 31.3 Å². The van der Waals surface area contributed by atoms with Crippen molar-refractivity contribution in [3.63, 3.8) is 0 Å². The number of rotatable bonds is 3. The van der Waals surface area contributed by atoms with Crippen LogP contribution in [0, 0.1) is 13.8 Å². The lowest BCUT2D eigenvalue weighted by atomic mass is 10.1. The molecule has 0 radical (unpaired) electrons. The predicted octanol–water partition coefficient (Wildman–Crippen LogP) is 3.81. The van der Waals surface area contributed by atoms with Crippen LogP contribution in [0.2, 0.25) is 0 Å². The summed E-state index contributed by atoms with van der Waals surface area (Å²) in [7, 11) is 1.40. The maximum atomic E-state index is 12.7. The molecule has 0 bridgehead atoms. The molecule has 1 aliphatic heterocycles. The van der Waals surface area contributed by atoms with Crippen molar-refractivity contribution >= 4 is 33.6 Å². The minimum atomic E-state index is -0.389. The second-order valence-electron chi connectivity index (χ2n) is 7.75. The van der Waals surface area contributed by atoms with Gasteiger partial charge in [0.25, 0.3) is 0 Å². The number of esters is 1. The molecule has 4 aromatic rings. The summed E-state index contributed by atoms with van der Waals surface area (Å²) in [4.78, 5) is 24.2. The second kappa shape index (κ2) is 7.67. The Bertz CT molecular complexity index is 1310. The number of fused-ring (bicyclic) bond motifs is 2. The maximum absolute atomic E-state index is 12.7. The third-order valence-electron chi connectivity index (χ3n) is 5.88. The number of aryl methyl sites for hydroxylation is 2. The van der Waals surface area contributed by atoms with E-state index >= 15 is 0 Å². The third kappa shape index (κ3) is 3.21. The molecule has 0 N–H and O–H groups in total. The molecule has 5 rings (SSSR count). The van der Waals surface area contributed by atoms with Crippen LogP contribution in [-0.2, 0) is 9.47 Å². The van der Waals surface area contributed by atoms with Crippen molar-refractivity contribution in [3.8, 4) is 5.69 Å². The summed E-state index contributed by atoms with van der Waals surface area (Å²) < 4.78 is 12.7. The van der Waals surface area contributed by atoms with Crippen molar-refractivity contribution in [1.29, 1.82) is 0 Å². The van der Waals surface area contributed by atoms with Crippen LogP contribution in [0.4, 0.5) is 5.69 Å². The van der Waals surface area contributed by atoms with E-state index in [2.05, 4.69) is 39.6 Å². The van der Waals surface area contributed by atoms with E-state index in [9.17, 15) is 4.79 Å². The van der Waals surface area contributed by atoms with Gasteiger partial charge in [0.1, 0.15) is 11.3 Å². The molecule has 1 fully saturated rings. The van der Waals surface area contributed by atoms with Crippen molar-refractivity contribution in [2.45, 2.75) is 13.8 Å². The number of ether oxygens (including phenoxy) is 2. The lowest BCUT2D eigenvalue weighted by Gasteiger charge is -2.29. The molecular formula is C24H24N4O3. The first-order valence-corrected chi connectivity index (χ1v) is 10.4. The lowest BCUT2D eigenvalue weighted by Crippen LogP contribution is -2.36. The van der Waals surface area contributed by atoms with E-state index in [1.165, 1.54) is 7.11 Å². The van der Waals surface area contributed by atoms with Gasteiger partial charge in [0.05, 0.1) is 42.6 Å². The zero-order valence-electron chi connectivity index (χ0n) is 17.9. The number of aromatic nitrogens is 3. The normalized spacial score (nSPS) is 14.4. The molecule has 7 nitrogen and oxygen atoms in total. The molecule has 2 aromatic heterocycles. The first kappa shape index (κ1) is 19.5. The topological polar surface area (TPSA) is 69.5 Å². The molecule has 158 valence electrons. The van der Waals surface area contributed by atoms with E-state index in [0.29, 0.717) is 24.3 Å². The fourth-order valence-electron chi connectivity index (χ4n) is 4.36. The first-order chi connectivity index (χ1) is 15.1. The summed E-state index contributed by atoms with van der Waals surface area (Å²) in [6.45, 7) is 6.89. The number of hydrogen-bond donors (Lipinski definition) is 0. The van der Waals surface area contributed by atoms with Crippen LogP contribution in [0.1, 0.15) is 21.7 Å². The van der Waals surface area contributed by atoms with Crippen LogP contribution in [-0.4, -0.2) is 53.9 Å². The molecule has 3 heterocycles. The minimum absolute atomic E-state index is 0.389. The number of nitrogens with zero attached hydrogens (tertiary/aromatic N) is 4. The van der Waals surface area contributed by atoms with Crippen LogP contribution in [0.5, 0.6) is 0 Å². The fourth-order valence-corrected chi connectivity index (χ4v) is 4.36. The molecule has 0 aliphatic carbocycles. The van der Waals surface area contributed by atoms with Gasteiger partial charge in [-0.05, 0) is 37.6 Å². The van der Waals surface area contributed by atoms with Crippen LogP contribution in [0.3, 0.4) is 0 Å². The summed E-state index contributed by atoms with van der Waals surface area (Å²) in [5.74, 6) is 0.411. The van der Waals surface area contributed by atoms with Gasteiger partial charge in [-0.25, -0.2) is 9.78 Å². The minimum Gasteiger partial charge on any atom is -0.465 e. The second-order valence-corrected chi connectivity index (χ2v) is 7.75. The van der Waals surface area contributed by atoms with E-state index < -0.39 is 0 Å². The summed E-state index contributed by atoms with van der Waals surface area (Å²) >= 11 is 0. The van der Waals surface area contributed by atoms with Gasteiger partial charge in [-0.2, -0.15) is 0 Å². The van der Waals surface area contributed by atoms with Crippen molar-refractivity contribution in [2.75, 3.05) is 38.3 Å². The number of para-hydroxylation sites is 1. The van der Waals surface area contributed by atoms with Gasteiger partial charge in [-0.3, -0.25) is 9.55 Å². The molecule has 0 unspecified atom stereocenters. The predicted molar refractivity (Wildman–Crippen MR) is 120 cm³/mol. The Morgan fingerprint density at radius 2 is 1.90 bits per heavy atom. The van der Waals surface area contributed by atoms with Gasteiger partial charge < -0.3 is 14.4 Å². The van der Waals surface area contributed by atoms with Gasteiger partial charge in [-0.1, -0.05) is 18.2 Å². The molecule has 7 heteroatoms. The van der Waals surface area contributed by atoms with E-state index in [4.69, 9.17) is 14.5 Å². The van der Waals surface area contributed by atoms with Gasteiger partial charge >= 0.3 is 5.97 Å². The number of anilines is 1. The molecule has 0 atom stereocenters. The first-order valence-electron chi connectivity index (χ1n) is 10.4. The zero-order chi connectivity index (χ0) is 21.5. The Morgan fingerprint density at radius 1 is 1.10 bits per heavy atom. The molecule has 2 aromatic carbocycles. The van der Waals surface area contributed by atoms with E-state index in [0.717, 1.165) is 52.3 Å². The third-order valence-corrected chi connectivity index (χ3v) is 5.88. The summed E-state index contributed by atoms with van der Waals surface area (Å²) in [5, 5.41) is 1.04. The number of hydrogen-bond acceptors (Lipinski definition) is 6. The Hall–Kier alpha value is -3.45. The van der Waals surface area contributed by atoms with Crippen LogP contribution >= 0.6 is 0 Å². The highest BCUT2D eigenvalue weighted by Crippen LogP contribution is 2.32. The quantitative estimate of drug-likeness (QED) is 0.473. The zero-order valence-corrected chi connectivity index (χ0v) is 17.9. The Balaban J connectivity index is 1.81. The van der Waals surface area contributed by atoms with Crippen molar-refractivity contribution in [1.82, 2.24) is 14.5 Å². The van der Waals surface area contributed by atoms with Crippen LogP contribution in [0.15, 0.2) is 42.6 Å². The van der Waals surface area contributed by atoms with Crippen molar-refractivity contribution < 1.29 is 14.3 Å². The number of methoxy groups -OCH3 is 1. The Labute approximate surface area is 180 Å². The molecule has 1 aliphatic rings. The summed E-state index contributed by atoms with van der Waals surface area (Å²) in [6, 6.07) is 12.2. The van der Waals surface area contributed by atoms with Gasteiger partial charge in [0.2, 0.25) is 0 Å². The SMILES string of the molecule is COC(=O)c1cc(N2CCOCC2)cc2c1nc(C)n2-c1ccnc2c(C)cccc12. The van der Waals surface area contributed by atoms with Crippen molar-refractivity contribution in [3.05, 3.63) is 59.5 Å². The highest BCUT2D eigenvalue weighted by atomic mass is 16.5. The summed E-state index contributed by atoms with van der Waals surface area (Å²) in [5.41, 5.74) is 6.01. The molecule has 1 saturated heterocycles. The van der Waals surface area contributed by atoms with Crippen molar-refractivity contribution in [2.24, 2.45) is 0 Å². The Morgan fingerprint density at radius 3 is 2.68 bits per heavy atom. The number of benzene rings is 2. The lowest BCUT2D eigenvalue weighted by molar-refractivity contribution is 0.0603. The van der Waals surface area contributed by atoms with E-state index in [-0.39, 0.29) is 5.97 Å². The van der Waals surface area contributed by atoms with Crippen LogP contribution < -0.4 is 4.90 Å². The Kier molecular flexibility index (Phi) is 4.82. The number of carbonyl (C=O) groups is 1. The summed E-state index contributed by atoms with van der Waals surface area (Å²) in [6.07, 6.45) is 1.82. The smallest absolute Gasteiger partial charge is 0.340 e.